The Bertz CT molecular complexity index is 514. The molecule has 1 aliphatic rings. The van der Waals surface area contributed by atoms with Crippen LogP contribution in [0.2, 0.25) is 0 Å². The van der Waals surface area contributed by atoms with Gasteiger partial charge in [0.2, 0.25) is 11.8 Å². The van der Waals surface area contributed by atoms with Crippen molar-refractivity contribution in [2.75, 3.05) is 5.32 Å². The highest BCUT2D eigenvalue weighted by Gasteiger charge is 2.26. The number of carbonyl (C=O) groups is 2. The first-order valence-electron chi connectivity index (χ1n) is 6.37. The summed E-state index contributed by atoms with van der Waals surface area (Å²) in [7, 11) is 0. The molecule has 1 aliphatic heterocycles. The van der Waals surface area contributed by atoms with Crippen molar-refractivity contribution in [2.45, 2.75) is 38.6 Å². The predicted octanol–water partition coefficient (Wildman–Crippen LogP) is 2.17. The number of halogens is 1. The number of hydrogen-bond donors (Lipinski definition) is 2. The van der Waals surface area contributed by atoms with Crippen LogP contribution in [0.25, 0.3) is 0 Å². The average Bonchev–Trinajstić information content (AvgIpc) is 2.32. The van der Waals surface area contributed by atoms with Crippen LogP contribution in [-0.4, -0.2) is 17.9 Å². The number of imide groups is 1. The minimum Gasteiger partial charge on any atom is -0.374 e. The Morgan fingerprint density at radius 1 is 1.37 bits per heavy atom. The molecular weight excluding hydrogens is 247 g/mol. The van der Waals surface area contributed by atoms with E-state index in [2.05, 4.69) is 10.6 Å². The molecule has 2 rings (SSSR count). The number of piperidine rings is 1. The van der Waals surface area contributed by atoms with Crippen LogP contribution < -0.4 is 10.6 Å². The molecule has 102 valence electrons. The Morgan fingerprint density at radius 2 is 2.11 bits per heavy atom. The summed E-state index contributed by atoms with van der Waals surface area (Å²) < 4.78 is 13.8. The second-order valence-corrected chi connectivity index (χ2v) is 5.04. The fraction of sp³-hybridized carbons (Fsp3) is 0.429. The molecule has 2 amide bonds. The number of nitrogens with one attached hydrogen (secondary N) is 2. The minimum absolute atomic E-state index is 0.115. The van der Waals surface area contributed by atoms with Crippen molar-refractivity contribution >= 4 is 17.5 Å². The van der Waals surface area contributed by atoms with Gasteiger partial charge in [0, 0.05) is 12.1 Å². The number of hydrogen-bond acceptors (Lipinski definition) is 3. The highest BCUT2D eigenvalue weighted by atomic mass is 19.1. The maximum Gasteiger partial charge on any atom is 0.249 e. The third kappa shape index (κ3) is 3.10. The van der Waals surface area contributed by atoms with Gasteiger partial charge in [0.15, 0.2) is 0 Å². The summed E-state index contributed by atoms with van der Waals surface area (Å²) in [6.07, 6.45) is 0.730. The van der Waals surface area contributed by atoms with E-state index in [-0.39, 0.29) is 23.5 Å². The molecule has 0 radical (unpaired) electrons. The number of anilines is 1. The van der Waals surface area contributed by atoms with Crippen LogP contribution in [0, 0.1) is 5.82 Å². The molecule has 2 N–H and O–H groups in total. The second kappa shape index (κ2) is 5.38. The van der Waals surface area contributed by atoms with Crippen LogP contribution in [0.5, 0.6) is 0 Å². The van der Waals surface area contributed by atoms with Gasteiger partial charge in [-0.15, -0.1) is 0 Å². The molecule has 0 aliphatic carbocycles. The molecule has 1 heterocycles. The van der Waals surface area contributed by atoms with Gasteiger partial charge in [-0.05, 0) is 30.0 Å². The van der Waals surface area contributed by atoms with Gasteiger partial charge in [-0.2, -0.15) is 0 Å². The minimum atomic E-state index is -0.484. The lowest BCUT2D eigenvalue weighted by Gasteiger charge is -2.23. The molecule has 1 aromatic carbocycles. The van der Waals surface area contributed by atoms with E-state index in [0.29, 0.717) is 24.1 Å². The van der Waals surface area contributed by atoms with Gasteiger partial charge in [-0.1, -0.05) is 19.9 Å². The fourth-order valence-corrected chi connectivity index (χ4v) is 2.12. The molecule has 0 bridgehead atoms. The molecular formula is C14H17FN2O2. The van der Waals surface area contributed by atoms with Gasteiger partial charge in [-0.25, -0.2) is 4.39 Å². The predicted molar refractivity (Wildman–Crippen MR) is 70.3 cm³/mol. The van der Waals surface area contributed by atoms with E-state index in [1.165, 1.54) is 6.07 Å². The van der Waals surface area contributed by atoms with Crippen molar-refractivity contribution in [3.63, 3.8) is 0 Å². The number of carbonyl (C=O) groups excluding carboxylic acids is 2. The second-order valence-electron chi connectivity index (χ2n) is 5.04. The van der Waals surface area contributed by atoms with Crippen molar-refractivity contribution < 1.29 is 14.0 Å². The monoisotopic (exact) mass is 264 g/mol. The molecule has 0 saturated carbocycles. The van der Waals surface area contributed by atoms with Crippen molar-refractivity contribution in [1.82, 2.24) is 5.32 Å². The first-order valence-corrected chi connectivity index (χ1v) is 6.37. The molecule has 1 saturated heterocycles. The van der Waals surface area contributed by atoms with E-state index in [1.54, 1.807) is 12.1 Å². The normalized spacial score (nSPS) is 19.5. The number of rotatable bonds is 3. The van der Waals surface area contributed by atoms with E-state index in [9.17, 15) is 14.0 Å². The number of benzene rings is 1. The quantitative estimate of drug-likeness (QED) is 0.823. The standard InChI is InChI=1S/C14H17FN2O2/c1-8(2)10-4-3-9(7-11(10)15)16-12-5-6-13(18)17-14(12)19/h3-4,7-8,12,16H,5-6H2,1-2H3,(H,17,18,19)/t12-/m0/s1. The van der Waals surface area contributed by atoms with E-state index in [0.717, 1.165) is 0 Å². The van der Waals surface area contributed by atoms with E-state index in [4.69, 9.17) is 0 Å². The molecule has 5 heteroatoms. The van der Waals surface area contributed by atoms with Crippen molar-refractivity contribution in [2.24, 2.45) is 0 Å². The lowest BCUT2D eigenvalue weighted by molar-refractivity contribution is -0.133. The van der Waals surface area contributed by atoms with Crippen LogP contribution in [0.3, 0.4) is 0 Å². The smallest absolute Gasteiger partial charge is 0.249 e. The SMILES string of the molecule is CC(C)c1ccc(N[C@H]2CCC(=O)NC2=O)cc1F. The molecule has 0 aromatic heterocycles. The molecule has 19 heavy (non-hydrogen) atoms. The first kappa shape index (κ1) is 13.5. The lowest BCUT2D eigenvalue weighted by atomic mass is 10.0. The molecule has 4 nitrogen and oxygen atoms in total. The lowest BCUT2D eigenvalue weighted by Crippen LogP contribution is -2.47. The van der Waals surface area contributed by atoms with Crippen LogP contribution in [-0.2, 0) is 9.59 Å². The summed E-state index contributed by atoms with van der Waals surface area (Å²) in [4.78, 5) is 22.6. The van der Waals surface area contributed by atoms with Gasteiger partial charge < -0.3 is 5.32 Å². The summed E-state index contributed by atoms with van der Waals surface area (Å²) >= 11 is 0. The first-order chi connectivity index (χ1) is 8.97. The van der Waals surface area contributed by atoms with Gasteiger partial charge in [0.1, 0.15) is 11.9 Å². The fourth-order valence-electron chi connectivity index (χ4n) is 2.12. The summed E-state index contributed by atoms with van der Waals surface area (Å²) in [6.45, 7) is 3.84. The third-order valence-corrected chi connectivity index (χ3v) is 3.20. The van der Waals surface area contributed by atoms with Crippen molar-refractivity contribution in [3.8, 4) is 0 Å². The highest BCUT2D eigenvalue weighted by Crippen LogP contribution is 2.22. The Kier molecular flexibility index (Phi) is 3.83. The zero-order valence-electron chi connectivity index (χ0n) is 11.0. The van der Waals surface area contributed by atoms with Gasteiger partial charge in [-0.3, -0.25) is 14.9 Å². The zero-order chi connectivity index (χ0) is 14.0. The number of amides is 2. The average molecular weight is 264 g/mol. The molecule has 1 fully saturated rings. The summed E-state index contributed by atoms with van der Waals surface area (Å²) in [5.74, 6) is -0.786. The summed E-state index contributed by atoms with van der Waals surface area (Å²) in [5, 5.41) is 5.21. The highest BCUT2D eigenvalue weighted by molar-refractivity contribution is 6.01. The van der Waals surface area contributed by atoms with Crippen molar-refractivity contribution in [1.29, 1.82) is 0 Å². The third-order valence-electron chi connectivity index (χ3n) is 3.20. The summed E-state index contributed by atoms with van der Waals surface area (Å²) in [6, 6.07) is 4.37. The Balaban J connectivity index is 2.09. The largest absolute Gasteiger partial charge is 0.374 e. The molecule has 1 aromatic rings. The van der Waals surface area contributed by atoms with E-state index in [1.807, 2.05) is 13.8 Å². The Labute approximate surface area is 111 Å². The maximum atomic E-state index is 13.8. The molecule has 1 atom stereocenters. The van der Waals surface area contributed by atoms with Crippen LogP contribution in [0.4, 0.5) is 10.1 Å². The van der Waals surface area contributed by atoms with Crippen LogP contribution in [0.1, 0.15) is 38.2 Å². The summed E-state index contributed by atoms with van der Waals surface area (Å²) in [5.41, 5.74) is 1.20. The molecule has 0 spiro atoms. The van der Waals surface area contributed by atoms with E-state index >= 15 is 0 Å². The topological polar surface area (TPSA) is 58.2 Å². The van der Waals surface area contributed by atoms with E-state index < -0.39 is 6.04 Å². The van der Waals surface area contributed by atoms with Crippen LogP contribution >= 0.6 is 0 Å². The Morgan fingerprint density at radius 3 is 2.68 bits per heavy atom. The van der Waals surface area contributed by atoms with Gasteiger partial charge in [0.05, 0.1) is 0 Å². The zero-order valence-corrected chi connectivity index (χ0v) is 11.0. The maximum absolute atomic E-state index is 13.8. The van der Waals surface area contributed by atoms with Gasteiger partial charge >= 0.3 is 0 Å². The van der Waals surface area contributed by atoms with Crippen molar-refractivity contribution in [3.05, 3.63) is 29.6 Å². The molecule has 0 unspecified atom stereocenters. The van der Waals surface area contributed by atoms with Gasteiger partial charge in [0.25, 0.3) is 0 Å². The Hall–Kier alpha value is -1.91. The van der Waals surface area contributed by atoms with Crippen LogP contribution in [0.15, 0.2) is 18.2 Å².